The highest BCUT2D eigenvalue weighted by atomic mass is 32.2. The number of nitrogens with one attached hydrogen (secondary N) is 1. The van der Waals surface area contributed by atoms with Gasteiger partial charge in [-0.3, -0.25) is 4.68 Å². The van der Waals surface area contributed by atoms with Crippen LogP contribution in [-0.4, -0.2) is 22.1 Å². The Bertz CT molecular complexity index is 579. The van der Waals surface area contributed by atoms with Crippen LogP contribution >= 0.6 is 11.8 Å². The average molecular weight is 287 g/mol. The molecule has 1 heterocycles. The second kappa shape index (κ2) is 6.02. The predicted octanol–water partition coefficient (Wildman–Crippen LogP) is 3.18. The summed E-state index contributed by atoms with van der Waals surface area (Å²) in [5.74, 6) is 0. The van der Waals surface area contributed by atoms with Gasteiger partial charge < -0.3 is 5.32 Å². The second-order valence-electron chi connectivity index (χ2n) is 5.36. The third-order valence-electron chi connectivity index (χ3n) is 3.98. The first-order chi connectivity index (χ1) is 9.78. The smallest absolute Gasteiger partial charge is 0.0625 e. The molecule has 0 amide bonds. The van der Waals surface area contributed by atoms with Crippen LogP contribution in [0.4, 0.5) is 0 Å². The lowest BCUT2D eigenvalue weighted by Crippen LogP contribution is -2.26. The molecule has 1 N–H and O–H groups in total. The second-order valence-corrected chi connectivity index (χ2v) is 6.68. The van der Waals surface area contributed by atoms with Gasteiger partial charge in [0.05, 0.1) is 6.20 Å². The van der Waals surface area contributed by atoms with E-state index >= 15 is 0 Å². The Morgan fingerprint density at radius 1 is 1.35 bits per heavy atom. The lowest BCUT2D eigenvalue weighted by molar-refractivity contribution is 0.548. The Morgan fingerprint density at radius 3 is 2.95 bits per heavy atom. The van der Waals surface area contributed by atoms with Crippen LogP contribution in [0.2, 0.25) is 0 Å². The van der Waals surface area contributed by atoms with Gasteiger partial charge in [0.2, 0.25) is 0 Å². The van der Waals surface area contributed by atoms with Gasteiger partial charge in [0.1, 0.15) is 0 Å². The number of nitrogens with zero attached hydrogens (tertiary/aromatic N) is 2. The molecule has 1 aromatic carbocycles. The highest BCUT2D eigenvalue weighted by Gasteiger charge is 2.27. The Hall–Kier alpha value is -1.26. The molecule has 106 valence electrons. The molecule has 0 saturated heterocycles. The number of aromatic nitrogens is 2. The summed E-state index contributed by atoms with van der Waals surface area (Å²) in [5, 5.41) is 8.37. The normalized spacial score (nSPS) is 22.3. The first kappa shape index (κ1) is 13.7. The van der Waals surface area contributed by atoms with Gasteiger partial charge in [-0.25, -0.2) is 0 Å². The minimum absolute atomic E-state index is 0.416. The van der Waals surface area contributed by atoms with Gasteiger partial charge in [-0.2, -0.15) is 5.10 Å². The lowest BCUT2D eigenvalue weighted by Gasteiger charge is -2.25. The van der Waals surface area contributed by atoms with E-state index < -0.39 is 0 Å². The van der Waals surface area contributed by atoms with Crippen LogP contribution in [0.1, 0.15) is 30.0 Å². The van der Waals surface area contributed by atoms with E-state index in [0.717, 1.165) is 0 Å². The van der Waals surface area contributed by atoms with Gasteiger partial charge in [0.25, 0.3) is 0 Å². The average Bonchev–Trinajstić information content (AvgIpc) is 2.78. The molecule has 0 fully saturated rings. The van der Waals surface area contributed by atoms with Crippen LogP contribution in [0.3, 0.4) is 0 Å². The fourth-order valence-electron chi connectivity index (χ4n) is 3.03. The minimum Gasteiger partial charge on any atom is -0.312 e. The molecule has 0 radical (unpaired) electrons. The summed E-state index contributed by atoms with van der Waals surface area (Å²) in [6, 6.07) is 9.27. The zero-order valence-corrected chi connectivity index (χ0v) is 12.9. The molecule has 1 aliphatic rings. The van der Waals surface area contributed by atoms with Crippen LogP contribution in [0.5, 0.6) is 0 Å². The van der Waals surface area contributed by atoms with Crippen molar-refractivity contribution in [3.63, 3.8) is 0 Å². The third kappa shape index (κ3) is 2.76. The van der Waals surface area contributed by atoms with Gasteiger partial charge in [0.15, 0.2) is 0 Å². The highest BCUT2D eigenvalue weighted by Crippen LogP contribution is 2.38. The van der Waals surface area contributed by atoms with Crippen LogP contribution in [0.15, 0.2) is 41.6 Å². The van der Waals surface area contributed by atoms with Gasteiger partial charge >= 0.3 is 0 Å². The molecule has 2 atom stereocenters. The van der Waals surface area contributed by atoms with Gasteiger partial charge in [-0.05, 0) is 37.4 Å². The van der Waals surface area contributed by atoms with Crippen LogP contribution in [0.25, 0.3) is 0 Å². The van der Waals surface area contributed by atoms with Crippen LogP contribution in [-0.2, 0) is 13.5 Å². The molecular formula is C16H21N3S. The van der Waals surface area contributed by atoms with E-state index in [1.165, 1.54) is 35.3 Å². The van der Waals surface area contributed by atoms with Crippen molar-refractivity contribution in [1.82, 2.24) is 15.1 Å². The van der Waals surface area contributed by atoms with Crippen LogP contribution < -0.4 is 5.32 Å². The monoisotopic (exact) mass is 287 g/mol. The number of benzene rings is 1. The van der Waals surface area contributed by atoms with Crippen molar-refractivity contribution >= 4 is 11.8 Å². The number of rotatable bonds is 3. The Kier molecular flexibility index (Phi) is 4.13. The molecule has 3 rings (SSSR count). The van der Waals surface area contributed by atoms with E-state index in [2.05, 4.69) is 47.9 Å². The number of thioether (sulfide) groups is 1. The van der Waals surface area contributed by atoms with Crippen molar-refractivity contribution in [2.45, 2.75) is 35.4 Å². The Morgan fingerprint density at radius 2 is 2.20 bits per heavy atom. The molecule has 1 aliphatic carbocycles. The molecule has 4 heteroatoms. The van der Waals surface area contributed by atoms with Gasteiger partial charge in [-0.15, -0.1) is 11.8 Å². The van der Waals surface area contributed by atoms with Crippen LogP contribution in [0, 0.1) is 0 Å². The maximum Gasteiger partial charge on any atom is 0.0625 e. The molecule has 0 aliphatic heterocycles. The fraction of sp³-hybridized carbons (Fsp3) is 0.438. The lowest BCUT2D eigenvalue weighted by atomic mass is 9.99. The maximum absolute atomic E-state index is 4.28. The summed E-state index contributed by atoms with van der Waals surface area (Å²) in [7, 11) is 4.05. The predicted molar refractivity (Wildman–Crippen MR) is 84.0 cm³/mol. The van der Waals surface area contributed by atoms with E-state index in [1.807, 2.05) is 29.7 Å². The van der Waals surface area contributed by atoms with E-state index in [9.17, 15) is 0 Å². The van der Waals surface area contributed by atoms with Crippen molar-refractivity contribution in [3.05, 3.63) is 47.8 Å². The van der Waals surface area contributed by atoms with E-state index in [4.69, 9.17) is 0 Å². The summed E-state index contributed by atoms with van der Waals surface area (Å²) < 4.78 is 1.88. The standard InChI is InChI=1S/C16H21N3S/c1-17-16-14-8-4-3-6-12(14)7-5-9-15(16)20-13-10-18-19(2)11-13/h3-4,6,8,10-11,15-17H,5,7,9H2,1-2H3. The summed E-state index contributed by atoms with van der Waals surface area (Å²) in [5.41, 5.74) is 2.97. The van der Waals surface area contributed by atoms with Crippen molar-refractivity contribution in [1.29, 1.82) is 0 Å². The van der Waals surface area contributed by atoms with Crippen molar-refractivity contribution in [2.24, 2.45) is 7.05 Å². The molecule has 2 unspecified atom stereocenters. The molecular weight excluding hydrogens is 266 g/mol. The summed E-state index contributed by atoms with van der Waals surface area (Å²) in [4.78, 5) is 1.26. The summed E-state index contributed by atoms with van der Waals surface area (Å²) in [6.45, 7) is 0. The van der Waals surface area contributed by atoms with E-state index in [0.29, 0.717) is 11.3 Å². The van der Waals surface area contributed by atoms with Gasteiger partial charge in [0, 0.05) is 29.4 Å². The first-order valence-electron chi connectivity index (χ1n) is 7.18. The molecule has 1 aromatic heterocycles. The zero-order chi connectivity index (χ0) is 13.9. The summed E-state index contributed by atoms with van der Waals surface area (Å²) >= 11 is 1.95. The molecule has 2 aromatic rings. The Labute approximate surface area is 124 Å². The number of hydrogen-bond donors (Lipinski definition) is 1. The molecule has 0 saturated carbocycles. The molecule has 20 heavy (non-hydrogen) atoms. The minimum atomic E-state index is 0.416. The van der Waals surface area contributed by atoms with Crippen molar-refractivity contribution < 1.29 is 0 Å². The van der Waals surface area contributed by atoms with Crippen molar-refractivity contribution in [2.75, 3.05) is 7.05 Å². The van der Waals surface area contributed by atoms with Gasteiger partial charge in [-0.1, -0.05) is 24.3 Å². The summed E-state index contributed by atoms with van der Waals surface area (Å²) in [6.07, 6.45) is 7.76. The van der Waals surface area contributed by atoms with E-state index in [1.54, 1.807) is 0 Å². The largest absolute Gasteiger partial charge is 0.312 e. The van der Waals surface area contributed by atoms with Crippen molar-refractivity contribution in [3.8, 4) is 0 Å². The quantitative estimate of drug-likeness (QED) is 0.879. The topological polar surface area (TPSA) is 29.9 Å². The Balaban J connectivity index is 1.87. The maximum atomic E-state index is 4.28. The molecule has 3 nitrogen and oxygen atoms in total. The zero-order valence-electron chi connectivity index (χ0n) is 12.0. The number of hydrogen-bond acceptors (Lipinski definition) is 3. The SMILES string of the molecule is CNC1c2ccccc2CCCC1Sc1cnn(C)c1. The fourth-order valence-corrected chi connectivity index (χ4v) is 4.40. The highest BCUT2D eigenvalue weighted by molar-refractivity contribution is 8.00. The number of aryl methyl sites for hydroxylation is 2. The first-order valence-corrected chi connectivity index (χ1v) is 8.06. The number of fused-ring (bicyclic) bond motifs is 1. The molecule has 0 spiro atoms. The van der Waals surface area contributed by atoms with E-state index in [-0.39, 0.29) is 0 Å². The third-order valence-corrected chi connectivity index (χ3v) is 5.27. The molecule has 0 bridgehead atoms.